The summed E-state index contributed by atoms with van der Waals surface area (Å²) in [6.07, 6.45) is 1.55. The van der Waals surface area contributed by atoms with Crippen LogP contribution in [-0.4, -0.2) is 11.6 Å². The van der Waals surface area contributed by atoms with E-state index in [9.17, 15) is 13.6 Å². The largest absolute Gasteiger partial charge is 0.435 e. The van der Waals surface area contributed by atoms with E-state index in [0.29, 0.717) is 16.7 Å². The molecular weight excluding hydrogens is 276 g/mol. The minimum absolute atomic E-state index is 0.133. The quantitative estimate of drug-likeness (QED) is 0.931. The van der Waals surface area contributed by atoms with Gasteiger partial charge in [-0.15, -0.1) is 0 Å². The smallest absolute Gasteiger partial charge is 0.387 e. The molecule has 0 aliphatic rings. The molecule has 3 nitrogen and oxygen atoms in total. The van der Waals surface area contributed by atoms with Crippen LogP contribution in [-0.2, 0) is 5.41 Å². The second-order valence-electron chi connectivity index (χ2n) is 5.75. The van der Waals surface area contributed by atoms with Crippen LogP contribution >= 0.6 is 0 Å². The highest BCUT2D eigenvalue weighted by Gasteiger charge is 2.22. The van der Waals surface area contributed by atoms with Crippen molar-refractivity contribution in [1.82, 2.24) is 4.98 Å². The van der Waals surface area contributed by atoms with Gasteiger partial charge in [0.05, 0.1) is 0 Å². The lowest BCUT2D eigenvalue weighted by Gasteiger charge is -2.23. The van der Waals surface area contributed by atoms with Crippen molar-refractivity contribution in [3.63, 3.8) is 0 Å². The number of nitrogens with one attached hydrogen (secondary N) is 1. The number of H-pyrrole nitrogens is 1. The first-order valence-electron chi connectivity index (χ1n) is 6.56. The third kappa shape index (κ3) is 3.48. The maximum absolute atomic E-state index is 12.5. The van der Waals surface area contributed by atoms with Crippen LogP contribution in [0, 0.1) is 0 Å². The zero-order valence-electron chi connectivity index (χ0n) is 12.1. The summed E-state index contributed by atoms with van der Waals surface area (Å²) in [5, 5.41) is 0. The Labute approximate surface area is 121 Å². The van der Waals surface area contributed by atoms with Crippen molar-refractivity contribution in [3.8, 4) is 16.9 Å². The van der Waals surface area contributed by atoms with Gasteiger partial charge in [-0.3, -0.25) is 4.79 Å². The standard InChI is InChI=1S/C16H17F2NO2/c1-16(2,3)12-9-10(6-7-13(12)21-15(17)18)11-5-4-8-19-14(11)20/h4-9,15H,1-3H3,(H,19,20). The molecule has 0 atom stereocenters. The second-order valence-corrected chi connectivity index (χ2v) is 5.75. The fraction of sp³-hybridized carbons (Fsp3) is 0.312. The number of benzene rings is 1. The van der Waals surface area contributed by atoms with Gasteiger partial charge in [0, 0.05) is 17.3 Å². The molecule has 0 fully saturated rings. The van der Waals surface area contributed by atoms with Gasteiger partial charge in [-0.1, -0.05) is 26.8 Å². The molecule has 1 heterocycles. The monoisotopic (exact) mass is 293 g/mol. The number of hydrogen-bond donors (Lipinski definition) is 1. The highest BCUT2D eigenvalue weighted by molar-refractivity contribution is 5.65. The molecule has 0 radical (unpaired) electrons. The number of rotatable bonds is 3. The molecule has 1 aromatic heterocycles. The van der Waals surface area contributed by atoms with E-state index in [-0.39, 0.29) is 16.7 Å². The summed E-state index contributed by atoms with van der Waals surface area (Å²) in [5.41, 5.74) is 1.18. The van der Waals surface area contributed by atoms with Gasteiger partial charge in [0.15, 0.2) is 0 Å². The van der Waals surface area contributed by atoms with Crippen molar-refractivity contribution in [2.24, 2.45) is 0 Å². The van der Waals surface area contributed by atoms with Crippen molar-refractivity contribution in [2.75, 3.05) is 0 Å². The van der Waals surface area contributed by atoms with E-state index < -0.39 is 6.61 Å². The summed E-state index contributed by atoms with van der Waals surface area (Å²) in [6, 6.07) is 8.22. The van der Waals surface area contributed by atoms with E-state index in [1.807, 2.05) is 20.8 Å². The third-order valence-corrected chi connectivity index (χ3v) is 3.13. The van der Waals surface area contributed by atoms with Gasteiger partial charge in [-0.05, 0) is 35.2 Å². The van der Waals surface area contributed by atoms with Gasteiger partial charge >= 0.3 is 6.61 Å². The third-order valence-electron chi connectivity index (χ3n) is 3.13. The van der Waals surface area contributed by atoms with Gasteiger partial charge in [0.2, 0.25) is 0 Å². The van der Waals surface area contributed by atoms with Gasteiger partial charge in [0.1, 0.15) is 5.75 Å². The molecule has 0 aliphatic heterocycles. The Kier molecular flexibility index (Phi) is 4.11. The summed E-state index contributed by atoms with van der Waals surface area (Å²) < 4.78 is 29.6. The Morgan fingerprint density at radius 3 is 2.48 bits per heavy atom. The van der Waals surface area contributed by atoms with Crippen molar-refractivity contribution in [2.45, 2.75) is 32.8 Å². The molecule has 0 aliphatic carbocycles. The zero-order chi connectivity index (χ0) is 15.6. The molecule has 0 saturated carbocycles. The average Bonchev–Trinajstić information content (AvgIpc) is 2.38. The van der Waals surface area contributed by atoms with Crippen LogP contribution in [0.25, 0.3) is 11.1 Å². The van der Waals surface area contributed by atoms with E-state index in [1.165, 1.54) is 6.07 Å². The average molecular weight is 293 g/mol. The molecule has 0 spiro atoms. The van der Waals surface area contributed by atoms with Gasteiger partial charge < -0.3 is 9.72 Å². The maximum atomic E-state index is 12.5. The highest BCUT2D eigenvalue weighted by Crippen LogP contribution is 2.35. The molecule has 1 N–H and O–H groups in total. The fourth-order valence-corrected chi connectivity index (χ4v) is 2.13. The van der Waals surface area contributed by atoms with Crippen molar-refractivity contribution in [1.29, 1.82) is 0 Å². The van der Waals surface area contributed by atoms with Gasteiger partial charge in [0.25, 0.3) is 5.56 Å². The number of halogens is 2. The Balaban J connectivity index is 2.57. The Morgan fingerprint density at radius 2 is 1.90 bits per heavy atom. The van der Waals surface area contributed by atoms with Crippen LogP contribution in [0.5, 0.6) is 5.75 Å². The fourth-order valence-electron chi connectivity index (χ4n) is 2.13. The topological polar surface area (TPSA) is 42.1 Å². The number of aromatic amines is 1. The molecule has 112 valence electrons. The summed E-state index contributed by atoms with van der Waals surface area (Å²) in [6.45, 7) is 2.83. The summed E-state index contributed by atoms with van der Waals surface area (Å²) in [5.74, 6) is 0.133. The van der Waals surface area contributed by atoms with Crippen LogP contribution < -0.4 is 10.3 Å². The van der Waals surface area contributed by atoms with Crippen molar-refractivity contribution >= 4 is 0 Å². The predicted octanol–water partition coefficient (Wildman–Crippen LogP) is 3.94. The molecule has 0 saturated heterocycles. The van der Waals surface area contributed by atoms with Crippen LogP contribution in [0.1, 0.15) is 26.3 Å². The predicted molar refractivity (Wildman–Crippen MR) is 77.8 cm³/mol. The highest BCUT2D eigenvalue weighted by atomic mass is 19.3. The molecule has 2 rings (SSSR count). The lowest BCUT2D eigenvalue weighted by molar-refractivity contribution is -0.0508. The SMILES string of the molecule is CC(C)(C)c1cc(-c2ccc[nH]c2=O)ccc1OC(F)F. The minimum Gasteiger partial charge on any atom is -0.435 e. The number of hydrogen-bond acceptors (Lipinski definition) is 2. The number of ether oxygens (including phenoxy) is 1. The van der Waals surface area contributed by atoms with Crippen LogP contribution in [0.15, 0.2) is 41.3 Å². The van der Waals surface area contributed by atoms with Crippen LogP contribution in [0.2, 0.25) is 0 Å². The van der Waals surface area contributed by atoms with Gasteiger partial charge in [-0.25, -0.2) is 0 Å². The van der Waals surface area contributed by atoms with Crippen molar-refractivity contribution < 1.29 is 13.5 Å². The Morgan fingerprint density at radius 1 is 1.19 bits per heavy atom. The van der Waals surface area contributed by atoms with E-state index in [1.54, 1.807) is 30.5 Å². The minimum atomic E-state index is -2.88. The Bertz CT molecular complexity index is 687. The molecule has 2 aromatic rings. The summed E-state index contributed by atoms with van der Waals surface area (Å²) in [7, 11) is 0. The molecule has 0 unspecified atom stereocenters. The first kappa shape index (κ1) is 15.2. The first-order chi connectivity index (χ1) is 9.79. The number of pyridine rings is 1. The number of alkyl halides is 2. The lowest BCUT2D eigenvalue weighted by Crippen LogP contribution is -2.16. The molecule has 21 heavy (non-hydrogen) atoms. The molecule has 5 heteroatoms. The molecule has 0 bridgehead atoms. The molecular formula is C16H17F2NO2. The van der Waals surface area contributed by atoms with E-state index >= 15 is 0 Å². The number of aromatic nitrogens is 1. The second kappa shape index (κ2) is 5.68. The first-order valence-corrected chi connectivity index (χ1v) is 6.56. The molecule has 1 aromatic carbocycles. The molecule has 0 amide bonds. The lowest BCUT2D eigenvalue weighted by atomic mass is 9.84. The van der Waals surface area contributed by atoms with Crippen molar-refractivity contribution in [3.05, 3.63) is 52.4 Å². The Hall–Kier alpha value is -2.17. The van der Waals surface area contributed by atoms with Crippen LogP contribution in [0.4, 0.5) is 8.78 Å². The summed E-state index contributed by atoms with van der Waals surface area (Å²) >= 11 is 0. The normalized spacial score (nSPS) is 11.7. The van der Waals surface area contributed by atoms with Crippen LogP contribution in [0.3, 0.4) is 0 Å². The van der Waals surface area contributed by atoms with E-state index in [0.717, 1.165) is 0 Å². The van der Waals surface area contributed by atoms with E-state index in [4.69, 9.17) is 0 Å². The zero-order valence-corrected chi connectivity index (χ0v) is 12.1. The summed E-state index contributed by atoms with van der Waals surface area (Å²) in [4.78, 5) is 14.4. The van der Waals surface area contributed by atoms with Gasteiger partial charge in [-0.2, -0.15) is 8.78 Å². The maximum Gasteiger partial charge on any atom is 0.387 e. The van der Waals surface area contributed by atoms with E-state index in [2.05, 4.69) is 9.72 Å².